The molecule has 2 N–H and O–H groups in total. The summed E-state index contributed by atoms with van der Waals surface area (Å²) in [6.07, 6.45) is -2.02. The Kier molecular flexibility index (Phi) is 3.28. The molecule has 2 rings (SSSR count). The number of amides is 2. The maximum atomic E-state index is 13.2. The number of rotatable bonds is 1. The first kappa shape index (κ1) is 13.1. The first-order valence-corrected chi connectivity index (χ1v) is 5.63. The van der Waals surface area contributed by atoms with Crippen LogP contribution in [0.1, 0.15) is 6.92 Å². The lowest BCUT2D eigenvalue weighted by molar-refractivity contribution is -0.121. The van der Waals surface area contributed by atoms with Crippen molar-refractivity contribution in [3.63, 3.8) is 0 Å². The quantitative estimate of drug-likeness (QED) is 0.802. The van der Waals surface area contributed by atoms with Crippen molar-refractivity contribution >= 4 is 17.7 Å². The van der Waals surface area contributed by atoms with Gasteiger partial charge in [0.05, 0.1) is 5.69 Å². The minimum absolute atomic E-state index is 0.270. The first-order valence-electron chi connectivity index (χ1n) is 5.63. The van der Waals surface area contributed by atoms with Gasteiger partial charge in [0.2, 0.25) is 0 Å². The van der Waals surface area contributed by atoms with Crippen molar-refractivity contribution in [3.05, 3.63) is 24.0 Å². The van der Waals surface area contributed by atoms with Gasteiger partial charge in [0.15, 0.2) is 0 Å². The van der Waals surface area contributed by atoms with E-state index >= 15 is 0 Å². The predicted octanol–water partition coefficient (Wildman–Crippen LogP) is 1.21. The fourth-order valence-corrected chi connectivity index (χ4v) is 1.96. The second-order valence-corrected chi connectivity index (χ2v) is 4.26. The van der Waals surface area contributed by atoms with Crippen LogP contribution in [0, 0.1) is 5.82 Å². The zero-order valence-electron chi connectivity index (χ0n) is 10.4. The maximum Gasteiger partial charge on any atom is 0.405 e. The summed E-state index contributed by atoms with van der Waals surface area (Å²) >= 11 is 0. The van der Waals surface area contributed by atoms with E-state index in [4.69, 9.17) is 9.84 Å². The molecule has 6 nitrogen and oxygen atoms in total. The Hall–Kier alpha value is -2.31. The van der Waals surface area contributed by atoms with Crippen LogP contribution in [0.5, 0.6) is 5.75 Å². The van der Waals surface area contributed by atoms with Crippen molar-refractivity contribution < 1.29 is 23.8 Å². The fourth-order valence-electron chi connectivity index (χ4n) is 1.96. The molecule has 19 heavy (non-hydrogen) atoms. The van der Waals surface area contributed by atoms with Crippen LogP contribution in [0.4, 0.5) is 14.9 Å². The highest BCUT2D eigenvalue weighted by Gasteiger charge is 2.35. The number of nitrogens with zero attached hydrogens (tertiary/aromatic N) is 1. The topological polar surface area (TPSA) is 78.9 Å². The molecule has 1 aromatic rings. The molecule has 0 aromatic heterocycles. The van der Waals surface area contributed by atoms with Crippen molar-refractivity contribution in [1.29, 1.82) is 0 Å². The molecule has 0 fully saturated rings. The van der Waals surface area contributed by atoms with E-state index in [0.29, 0.717) is 5.75 Å². The Morgan fingerprint density at radius 3 is 2.84 bits per heavy atom. The molecule has 0 radical (unpaired) electrons. The van der Waals surface area contributed by atoms with Crippen LogP contribution in [0.3, 0.4) is 0 Å². The molecule has 0 aliphatic carbocycles. The lowest BCUT2D eigenvalue weighted by atomic mass is 10.1. The molecule has 1 heterocycles. The molecule has 2 atom stereocenters. The van der Waals surface area contributed by atoms with Crippen molar-refractivity contribution in [2.24, 2.45) is 0 Å². The number of carboxylic acid groups (broad SMARTS) is 1. The Labute approximate surface area is 108 Å². The highest BCUT2D eigenvalue weighted by Crippen LogP contribution is 2.32. The van der Waals surface area contributed by atoms with E-state index in [1.54, 1.807) is 6.92 Å². The molecule has 2 amide bonds. The van der Waals surface area contributed by atoms with Crippen molar-refractivity contribution in [1.82, 2.24) is 5.32 Å². The van der Waals surface area contributed by atoms with Gasteiger partial charge in [-0.05, 0) is 19.1 Å². The summed E-state index contributed by atoms with van der Waals surface area (Å²) < 4.78 is 18.7. The van der Waals surface area contributed by atoms with Crippen molar-refractivity contribution in [2.75, 3.05) is 11.9 Å². The number of likely N-dealkylation sites (N-methyl/N-ethyl adjacent to an activating group) is 1. The van der Waals surface area contributed by atoms with Gasteiger partial charge in [-0.25, -0.2) is 9.18 Å². The van der Waals surface area contributed by atoms with Gasteiger partial charge in [0, 0.05) is 13.1 Å². The van der Waals surface area contributed by atoms with E-state index in [1.165, 1.54) is 30.1 Å². The number of hydrogen-bond acceptors (Lipinski definition) is 3. The van der Waals surface area contributed by atoms with Gasteiger partial charge in [0.25, 0.3) is 5.91 Å². The Morgan fingerprint density at radius 1 is 1.53 bits per heavy atom. The number of halogens is 1. The van der Waals surface area contributed by atoms with Crippen LogP contribution in [-0.2, 0) is 4.79 Å². The third-order valence-corrected chi connectivity index (χ3v) is 2.94. The molecule has 0 unspecified atom stereocenters. The van der Waals surface area contributed by atoms with Crippen molar-refractivity contribution in [2.45, 2.75) is 19.1 Å². The van der Waals surface area contributed by atoms with E-state index in [2.05, 4.69) is 5.32 Å². The summed E-state index contributed by atoms with van der Waals surface area (Å²) in [6, 6.07) is 2.75. The second-order valence-electron chi connectivity index (χ2n) is 4.26. The van der Waals surface area contributed by atoms with Gasteiger partial charge < -0.3 is 20.1 Å². The number of ether oxygens (including phenoxy) is 1. The van der Waals surface area contributed by atoms with E-state index in [1.807, 2.05) is 0 Å². The first-order chi connectivity index (χ1) is 8.90. The monoisotopic (exact) mass is 268 g/mol. The van der Waals surface area contributed by atoms with Gasteiger partial charge in [-0.15, -0.1) is 0 Å². The van der Waals surface area contributed by atoms with Crippen LogP contribution >= 0.6 is 0 Å². The molecule has 0 spiro atoms. The van der Waals surface area contributed by atoms with E-state index in [-0.39, 0.29) is 5.69 Å². The molecular weight excluding hydrogens is 255 g/mol. The zero-order chi connectivity index (χ0) is 14.2. The largest absolute Gasteiger partial charge is 0.486 e. The summed E-state index contributed by atoms with van der Waals surface area (Å²) in [4.78, 5) is 24.1. The summed E-state index contributed by atoms with van der Waals surface area (Å²) in [6.45, 7) is 1.57. The number of benzene rings is 1. The van der Waals surface area contributed by atoms with Gasteiger partial charge in [-0.1, -0.05) is 0 Å². The summed E-state index contributed by atoms with van der Waals surface area (Å²) in [5.41, 5.74) is 0.270. The van der Waals surface area contributed by atoms with Gasteiger partial charge >= 0.3 is 6.09 Å². The number of fused-ring (bicyclic) bond motifs is 1. The molecule has 7 heteroatoms. The highest BCUT2D eigenvalue weighted by atomic mass is 19.1. The normalized spacial score (nSPS) is 22.3. The lowest BCUT2D eigenvalue weighted by Crippen LogP contribution is -2.52. The highest BCUT2D eigenvalue weighted by molar-refractivity contribution is 6.00. The van der Waals surface area contributed by atoms with Crippen molar-refractivity contribution in [3.8, 4) is 5.75 Å². The van der Waals surface area contributed by atoms with Crippen LogP contribution in [-0.4, -0.2) is 36.3 Å². The summed E-state index contributed by atoms with van der Waals surface area (Å²) in [7, 11) is 1.44. The Bertz CT molecular complexity index is 534. The molecule has 0 saturated carbocycles. The zero-order valence-corrected chi connectivity index (χ0v) is 10.4. The number of carbonyl (C=O) groups excluding carboxylic acids is 1. The maximum absolute atomic E-state index is 13.2. The minimum Gasteiger partial charge on any atom is -0.486 e. The third-order valence-electron chi connectivity index (χ3n) is 2.94. The van der Waals surface area contributed by atoms with Crippen LogP contribution in [0.15, 0.2) is 18.2 Å². The van der Waals surface area contributed by atoms with Crippen LogP contribution in [0.2, 0.25) is 0 Å². The standard InChI is InChI=1S/C12H13FN2O4/c1-6-10(14-12(17)18)11(16)15(2)8-5-7(13)3-4-9(8)19-6/h3-6,10,14H,1-2H3,(H,17,18)/t6-,10+/m1/s1. The van der Waals surface area contributed by atoms with E-state index in [0.717, 1.165) is 0 Å². The smallest absolute Gasteiger partial charge is 0.405 e. The number of carbonyl (C=O) groups is 2. The average molecular weight is 268 g/mol. The van der Waals surface area contributed by atoms with Crippen LogP contribution in [0.25, 0.3) is 0 Å². The molecule has 1 aliphatic heterocycles. The Morgan fingerprint density at radius 2 is 2.21 bits per heavy atom. The number of nitrogens with one attached hydrogen (secondary N) is 1. The van der Waals surface area contributed by atoms with E-state index < -0.39 is 30.0 Å². The molecular formula is C12H13FN2O4. The molecule has 0 saturated heterocycles. The minimum atomic E-state index is -1.32. The number of hydrogen-bond donors (Lipinski definition) is 2. The predicted molar refractivity (Wildman–Crippen MR) is 64.8 cm³/mol. The Balaban J connectivity index is 2.41. The SMILES string of the molecule is C[C@H]1Oc2ccc(F)cc2N(C)C(=O)[C@H]1NC(=O)O. The summed E-state index contributed by atoms with van der Waals surface area (Å²) in [5.74, 6) is -0.669. The number of anilines is 1. The molecule has 1 aromatic carbocycles. The fraction of sp³-hybridized carbons (Fsp3) is 0.333. The summed E-state index contributed by atoms with van der Waals surface area (Å²) in [5, 5.41) is 10.9. The molecule has 0 bridgehead atoms. The van der Waals surface area contributed by atoms with Gasteiger partial charge in [-0.2, -0.15) is 0 Å². The lowest BCUT2D eigenvalue weighted by Gasteiger charge is -2.22. The van der Waals surface area contributed by atoms with E-state index in [9.17, 15) is 14.0 Å². The molecule has 102 valence electrons. The van der Waals surface area contributed by atoms with Crippen LogP contribution < -0.4 is 15.0 Å². The third kappa shape index (κ3) is 2.44. The molecule has 1 aliphatic rings. The van der Waals surface area contributed by atoms with Gasteiger partial charge in [-0.3, -0.25) is 4.79 Å². The average Bonchev–Trinajstić information content (AvgIpc) is 2.42. The second kappa shape index (κ2) is 4.75. The van der Waals surface area contributed by atoms with Gasteiger partial charge in [0.1, 0.15) is 23.7 Å².